The lowest BCUT2D eigenvalue weighted by Crippen LogP contribution is -2.46. The molecule has 7 nitrogen and oxygen atoms in total. The van der Waals surface area contributed by atoms with Gasteiger partial charge in [0.2, 0.25) is 21.8 Å². The first kappa shape index (κ1) is 21.8. The molecule has 1 aromatic carbocycles. The number of fused-ring (bicyclic) bond motifs is 1. The first-order valence-corrected chi connectivity index (χ1v) is 11.8. The lowest BCUT2D eigenvalue weighted by Gasteiger charge is -2.32. The van der Waals surface area contributed by atoms with Crippen molar-refractivity contribution >= 4 is 21.8 Å². The molecular weight excluding hydrogens is 390 g/mol. The summed E-state index contributed by atoms with van der Waals surface area (Å²) in [4.78, 5) is 26.3. The van der Waals surface area contributed by atoms with Crippen LogP contribution in [-0.4, -0.2) is 62.2 Å². The van der Waals surface area contributed by atoms with Crippen LogP contribution in [0.1, 0.15) is 44.2 Å². The Morgan fingerprint density at radius 3 is 2.48 bits per heavy atom. The van der Waals surface area contributed by atoms with Crippen LogP contribution < -0.4 is 5.32 Å². The Balaban J connectivity index is 1.58. The van der Waals surface area contributed by atoms with E-state index in [1.807, 2.05) is 26.0 Å². The number of amides is 2. The molecule has 1 fully saturated rings. The monoisotopic (exact) mass is 421 g/mol. The third-order valence-corrected chi connectivity index (χ3v) is 7.61. The summed E-state index contributed by atoms with van der Waals surface area (Å²) in [7, 11) is -1.92. The van der Waals surface area contributed by atoms with Crippen LogP contribution >= 0.6 is 0 Å². The first-order valence-electron chi connectivity index (χ1n) is 10.3. The lowest BCUT2D eigenvalue weighted by molar-refractivity contribution is -0.139. The average Bonchev–Trinajstić information content (AvgIpc) is 3.14. The fourth-order valence-corrected chi connectivity index (χ4v) is 5.69. The van der Waals surface area contributed by atoms with Gasteiger partial charge < -0.3 is 10.2 Å². The predicted octanol–water partition coefficient (Wildman–Crippen LogP) is 1.56. The van der Waals surface area contributed by atoms with Crippen LogP contribution in [0.5, 0.6) is 0 Å². The molecule has 29 heavy (non-hydrogen) atoms. The zero-order valence-corrected chi connectivity index (χ0v) is 18.3. The number of likely N-dealkylation sites (N-methyl/N-ethyl adjacent to an activating group) is 1. The summed E-state index contributed by atoms with van der Waals surface area (Å²) in [5.41, 5.74) is 2.38. The number of aryl methyl sites for hydroxylation is 2. The minimum absolute atomic E-state index is 0.0185. The van der Waals surface area contributed by atoms with Crippen molar-refractivity contribution < 1.29 is 18.0 Å². The average molecular weight is 422 g/mol. The van der Waals surface area contributed by atoms with Crippen molar-refractivity contribution in [1.82, 2.24) is 14.5 Å². The second-order valence-corrected chi connectivity index (χ2v) is 10.3. The van der Waals surface area contributed by atoms with Gasteiger partial charge in [0, 0.05) is 32.1 Å². The first-order chi connectivity index (χ1) is 13.7. The van der Waals surface area contributed by atoms with Crippen LogP contribution in [0.4, 0.5) is 0 Å². The van der Waals surface area contributed by atoms with Crippen LogP contribution in [0.2, 0.25) is 0 Å². The van der Waals surface area contributed by atoms with Crippen LogP contribution in [0.3, 0.4) is 0 Å². The Labute approximate surface area is 173 Å². The number of rotatable bonds is 6. The number of hydrogen-bond acceptors (Lipinski definition) is 4. The lowest BCUT2D eigenvalue weighted by atomic mass is 9.96. The van der Waals surface area contributed by atoms with Gasteiger partial charge in [-0.2, -0.15) is 4.31 Å². The molecule has 0 unspecified atom stereocenters. The van der Waals surface area contributed by atoms with E-state index < -0.39 is 10.0 Å². The number of benzene rings is 1. The maximum Gasteiger partial charge on any atom is 0.243 e. The highest BCUT2D eigenvalue weighted by Gasteiger charge is 2.34. The van der Waals surface area contributed by atoms with Crippen LogP contribution in [0.25, 0.3) is 0 Å². The molecule has 0 spiro atoms. The molecule has 1 saturated heterocycles. The molecule has 1 heterocycles. The van der Waals surface area contributed by atoms with Crippen molar-refractivity contribution in [2.24, 2.45) is 5.92 Å². The summed E-state index contributed by atoms with van der Waals surface area (Å²) in [5, 5.41) is 2.77. The molecule has 0 saturated carbocycles. The third-order valence-electron chi connectivity index (χ3n) is 5.72. The summed E-state index contributed by atoms with van der Waals surface area (Å²) in [6.45, 7) is 4.40. The van der Waals surface area contributed by atoms with Crippen molar-refractivity contribution in [2.75, 3.05) is 26.7 Å². The molecule has 2 amide bonds. The summed E-state index contributed by atoms with van der Waals surface area (Å²) in [6.07, 6.45) is 3.98. The fourth-order valence-electron chi connectivity index (χ4n) is 4.17. The smallest absolute Gasteiger partial charge is 0.243 e. The van der Waals surface area contributed by atoms with Gasteiger partial charge in [-0.05, 0) is 69.2 Å². The quantitative estimate of drug-likeness (QED) is 0.755. The van der Waals surface area contributed by atoms with E-state index in [4.69, 9.17) is 0 Å². The number of sulfonamides is 1. The van der Waals surface area contributed by atoms with Gasteiger partial charge in [0.15, 0.2) is 0 Å². The highest BCUT2D eigenvalue weighted by molar-refractivity contribution is 7.89. The van der Waals surface area contributed by atoms with Crippen molar-refractivity contribution in [1.29, 1.82) is 0 Å². The van der Waals surface area contributed by atoms with Crippen LogP contribution in [0.15, 0.2) is 23.1 Å². The minimum Gasteiger partial charge on any atom is -0.352 e. The summed E-state index contributed by atoms with van der Waals surface area (Å²) < 4.78 is 27.5. The summed E-state index contributed by atoms with van der Waals surface area (Å²) >= 11 is 0. The number of hydrogen-bond donors (Lipinski definition) is 1. The molecule has 160 valence electrons. The molecule has 0 atom stereocenters. The van der Waals surface area contributed by atoms with Gasteiger partial charge in [-0.15, -0.1) is 0 Å². The van der Waals surface area contributed by atoms with Gasteiger partial charge in [-0.3, -0.25) is 9.59 Å². The Morgan fingerprint density at radius 2 is 1.83 bits per heavy atom. The van der Waals surface area contributed by atoms with Crippen molar-refractivity contribution in [3.63, 3.8) is 0 Å². The Morgan fingerprint density at radius 1 is 1.17 bits per heavy atom. The number of carbonyl (C=O) groups excluding carboxylic acids is 2. The zero-order chi connectivity index (χ0) is 21.2. The summed E-state index contributed by atoms with van der Waals surface area (Å²) in [5.74, 6) is -0.538. The SMILES string of the molecule is CC(C)NC(=O)CN(C)C(=O)C1CCN(S(=O)(=O)c2ccc3c(c2)CCC3)CC1. The van der Waals surface area contributed by atoms with Gasteiger partial charge >= 0.3 is 0 Å². The second kappa shape index (κ2) is 8.83. The molecule has 1 aliphatic carbocycles. The number of nitrogens with one attached hydrogen (secondary N) is 1. The zero-order valence-electron chi connectivity index (χ0n) is 17.5. The number of piperidine rings is 1. The molecule has 0 bridgehead atoms. The van der Waals surface area contributed by atoms with Gasteiger partial charge in [0.05, 0.1) is 11.4 Å². The molecular formula is C21H31N3O4S. The molecule has 1 aliphatic heterocycles. The summed E-state index contributed by atoms with van der Waals surface area (Å²) in [6, 6.07) is 5.48. The number of carbonyl (C=O) groups is 2. The van der Waals surface area contributed by atoms with E-state index in [1.54, 1.807) is 13.1 Å². The van der Waals surface area contributed by atoms with E-state index >= 15 is 0 Å². The van der Waals surface area contributed by atoms with E-state index in [-0.39, 0.29) is 30.3 Å². The fraction of sp³-hybridized carbons (Fsp3) is 0.619. The normalized spacial score (nSPS) is 17.9. The van der Waals surface area contributed by atoms with Gasteiger partial charge in [-0.1, -0.05) is 6.07 Å². The Hall–Kier alpha value is -1.93. The van der Waals surface area contributed by atoms with E-state index in [9.17, 15) is 18.0 Å². The van der Waals surface area contributed by atoms with Crippen LogP contribution in [-0.2, 0) is 32.5 Å². The molecule has 3 rings (SSSR count). The predicted molar refractivity (Wildman–Crippen MR) is 111 cm³/mol. The van der Waals surface area contributed by atoms with Crippen molar-refractivity contribution in [3.05, 3.63) is 29.3 Å². The maximum atomic E-state index is 13.0. The standard InChI is InChI=1S/C21H31N3O4S/c1-15(2)22-20(25)14-23(3)21(26)17-9-11-24(12-10-17)29(27,28)19-8-7-16-5-4-6-18(16)13-19/h7-8,13,15,17H,4-6,9-12,14H2,1-3H3,(H,22,25). The molecule has 1 aromatic rings. The Bertz CT molecular complexity index is 874. The Kier molecular flexibility index (Phi) is 6.63. The second-order valence-electron chi connectivity index (χ2n) is 8.38. The number of nitrogens with zero attached hydrogens (tertiary/aromatic N) is 2. The molecule has 8 heteroatoms. The molecule has 1 N–H and O–H groups in total. The highest BCUT2D eigenvalue weighted by Crippen LogP contribution is 2.29. The van der Waals surface area contributed by atoms with E-state index in [1.165, 1.54) is 14.8 Å². The highest BCUT2D eigenvalue weighted by atomic mass is 32.2. The van der Waals surface area contributed by atoms with Crippen molar-refractivity contribution in [2.45, 2.75) is 56.9 Å². The molecule has 0 aromatic heterocycles. The van der Waals surface area contributed by atoms with E-state index in [2.05, 4.69) is 5.32 Å². The van der Waals surface area contributed by atoms with Crippen molar-refractivity contribution in [3.8, 4) is 0 Å². The van der Waals surface area contributed by atoms with Gasteiger partial charge in [0.1, 0.15) is 0 Å². The largest absolute Gasteiger partial charge is 0.352 e. The maximum absolute atomic E-state index is 13.0. The van der Waals surface area contributed by atoms with E-state index in [0.717, 1.165) is 24.8 Å². The third kappa shape index (κ3) is 4.98. The molecule has 2 aliphatic rings. The minimum atomic E-state index is -3.54. The topological polar surface area (TPSA) is 86.8 Å². The van der Waals surface area contributed by atoms with E-state index in [0.29, 0.717) is 30.8 Å². The van der Waals surface area contributed by atoms with Gasteiger partial charge in [0.25, 0.3) is 0 Å². The van der Waals surface area contributed by atoms with Gasteiger partial charge in [-0.25, -0.2) is 8.42 Å². The molecule has 0 radical (unpaired) electrons. The van der Waals surface area contributed by atoms with Crippen LogP contribution in [0, 0.1) is 5.92 Å².